The Labute approximate surface area is 76.0 Å². The molecule has 0 bridgehead atoms. The van der Waals surface area contributed by atoms with Gasteiger partial charge in [0.05, 0.1) is 0 Å². The monoisotopic (exact) mass is 211 g/mol. The van der Waals surface area contributed by atoms with E-state index in [0.29, 0.717) is 0 Å². The Kier molecular flexibility index (Phi) is 5.00. The van der Waals surface area contributed by atoms with E-state index < -0.39 is 35.6 Å². The quantitative estimate of drug-likeness (QED) is 0.406. The number of nitrogens with two attached hydrogens (primary N) is 1. The Morgan fingerprint density at radius 1 is 1.46 bits per heavy atom. The molecule has 0 aromatic heterocycles. The van der Waals surface area contributed by atoms with E-state index in [1.54, 1.807) is 0 Å². The van der Waals surface area contributed by atoms with Crippen LogP contribution in [0.4, 0.5) is 0 Å². The summed E-state index contributed by atoms with van der Waals surface area (Å²) in [5.41, 5.74) is 5.09. The van der Waals surface area contributed by atoms with Crippen LogP contribution in [-0.4, -0.2) is 33.0 Å². The summed E-state index contributed by atoms with van der Waals surface area (Å²) in [4.78, 5) is 20.9. The van der Waals surface area contributed by atoms with E-state index in [0.717, 1.165) is 6.92 Å². The lowest BCUT2D eigenvalue weighted by atomic mass is 10.3. The van der Waals surface area contributed by atoms with Crippen molar-refractivity contribution in [3.05, 3.63) is 0 Å². The van der Waals surface area contributed by atoms with E-state index in [-0.39, 0.29) is 0 Å². The van der Waals surface area contributed by atoms with Gasteiger partial charge in [-0.15, -0.1) is 0 Å². The van der Waals surface area contributed by atoms with Crippen molar-refractivity contribution < 1.29 is 26.9 Å². The van der Waals surface area contributed by atoms with Gasteiger partial charge in [0.1, 0.15) is 12.6 Å². The molecule has 0 aliphatic heterocycles. The third-order valence-electron chi connectivity index (χ3n) is 0.933. The van der Waals surface area contributed by atoms with Gasteiger partial charge < -0.3 is 14.7 Å². The third-order valence-corrected chi connectivity index (χ3v) is 1.26. The zero-order valence-electron chi connectivity index (χ0n) is 6.76. The molecule has 0 aromatic carbocycles. The lowest BCUT2D eigenvalue weighted by Crippen LogP contribution is -2.37. The third kappa shape index (κ3) is 6.05. The van der Waals surface area contributed by atoms with Crippen LogP contribution in [0.2, 0.25) is 0 Å². The first-order valence-electron chi connectivity index (χ1n) is 3.18. The molecular formula is C5H9NO6S. The molecule has 2 N–H and O–H groups in total. The van der Waals surface area contributed by atoms with Crippen LogP contribution < -0.4 is 5.73 Å². The molecule has 0 saturated carbocycles. The first-order valence-corrected chi connectivity index (χ1v) is 4.28. The van der Waals surface area contributed by atoms with Crippen LogP contribution in [0, 0.1) is 0 Å². The maximum absolute atomic E-state index is 10.6. The van der Waals surface area contributed by atoms with Crippen molar-refractivity contribution in [1.82, 2.24) is 0 Å². The van der Waals surface area contributed by atoms with Gasteiger partial charge in [-0.3, -0.25) is 4.79 Å². The van der Waals surface area contributed by atoms with E-state index in [9.17, 15) is 18.0 Å². The number of hydrogen-bond acceptors (Lipinski definition) is 7. The lowest BCUT2D eigenvalue weighted by molar-refractivity contribution is -0.144. The minimum Gasteiger partial charge on any atom is -0.464 e. The van der Waals surface area contributed by atoms with Gasteiger partial charge in [-0.25, -0.2) is 4.79 Å². The largest absolute Gasteiger partial charge is 0.464 e. The van der Waals surface area contributed by atoms with Gasteiger partial charge in [-0.05, 0) is 0 Å². The van der Waals surface area contributed by atoms with Gasteiger partial charge in [0, 0.05) is 6.92 Å². The molecule has 0 aromatic rings. The fourth-order valence-corrected chi connectivity index (χ4v) is 0.699. The minimum absolute atomic E-state index is 0.405. The number of ether oxygens (including phenoxy) is 1. The molecular weight excluding hydrogens is 202 g/mol. The molecule has 0 spiro atoms. The van der Waals surface area contributed by atoms with Crippen molar-refractivity contribution in [2.45, 2.75) is 13.0 Å². The minimum atomic E-state index is -3.27. The van der Waals surface area contributed by atoms with Crippen molar-refractivity contribution in [3.63, 3.8) is 0 Å². The van der Waals surface area contributed by atoms with Crippen molar-refractivity contribution >= 4 is 22.9 Å². The standard InChI is InChI=1S/C5H9NO6S/c1-3(7)11-2-4(6)5(8)12-13(9)10/h4,13H,2,6H2,1H3/t4-/m0/s1. The van der Waals surface area contributed by atoms with Crippen molar-refractivity contribution in [1.29, 1.82) is 0 Å². The molecule has 0 amide bonds. The predicted octanol–water partition coefficient (Wildman–Crippen LogP) is -2.05. The molecule has 0 radical (unpaired) electrons. The molecule has 0 unspecified atom stereocenters. The first kappa shape index (κ1) is 11.8. The van der Waals surface area contributed by atoms with Gasteiger partial charge in [0.25, 0.3) is 0 Å². The summed E-state index contributed by atoms with van der Waals surface area (Å²) in [6, 6.07) is -1.28. The van der Waals surface area contributed by atoms with E-state index in [1.165, 1.54) is 0 Å². The van der Waals surface area contributed by atoms with E-state index in [4.69, 9.17) is 5.73 Å². The van der Waals surface area contributed by atoms with Crippen LogP contribution in [-0.2, 0) is 29.5 Å². The summed E-state index contributed by atoms with van der Waals surface area (Å²) < 4.78 is 27.9. The molecule has 76 valence electrons. The molecule has 1 atom stereocenters. The average Bonchev–Trinajstić information content (AvgIpc) is 1.98. The van der Waals surface area contributed by atoms with Crippen LogP contribution in [0.3, 0.4) is 0 Å². The van der Waals surface area contributed by atoms with Crippen LogP contribution in [0.15, 0.2) is 0 Å². The highest BCUT2D eigenvalue weighted by Crippen LogP contribution is 1.88. The molecule has 13 heavy (non-hydrogen) atoms. The zero-order valence-corrected chi connectivity index (χ0v) is 7.65. The van der Waals surface area contributed by atoms with E-state index >= 15 is 0 Å². The summed E-state index contributed by atoms with van der Waals surface area (Å²) in [5, 5.41) is 0. The number of hydrogen-bond donors (Lipinski definition) is 2. The molecule has 0 aliphatic rings. The lowest BCUT2D eigenvalue weighted by Gasteiger charge is -2.07. The number of esters is 1. The summed E-state index contributed by atoms with van der Waals surface area (Å²) in [6.45, 7) is 0.726. The van der Waals surface area contributed by atoms with Gasteiger partial charge >= 0.3 is 22.9 Å². The second kappa shape index (κ2) is 5.49. The molecule has 7 nitrogen and oxygen atoms in total. The first-order chi connectivity index (χ1) is 5.93. The van der Waals surface area contributed by atoms with Gasteiger partial charge in [0.15, 0.2) is 0 Å². The normalized spacial score (nSPS) is 12.2. The molecule has 8 heteroatoms. The Balaban J connectivity index is 3.89. The summed E-state index contributed by atoms with van der Waals surface area (Å²) in [7, 11) is -3.27. The summed E-state index contributed by atoms with van der Waals surface area (Å²) in [5.74, 6) is -1.77. The SMILES string of the molecule is CC(=O)OC[C@H](N)C(=O)O[SH](=O)=O. The van der Waals surface area contributed by atoms with Crippen molar-refractivity contribution in [2.75, 3.05) is 6.61 Å². The second-order valence-electron chi connectivity index (χ2n) is 2.04. The molecule has 0 fully saturated rings. The van der Waals surface area contributed by atoms with Gasteiger partial charge in [-0.2, -0.15) is 8.42 Å². The fourth-order valence-electron chi connectivity index (χ4n) is 0.416. The Morgan fingerprint density at radius 3 is 2.38 bits per heavy atom. The number of thiol groups is 1. The van der Waals surface area contributed by atoms with Crippen LogP contribution in [0.1, 0.15) is 6.92 Å². The smallest absolute Gasteiger partial charge is 0.342 e. The van der Waals surface area contributed by atoms with Gasteiger partial charge in [0.2, 0.25) is 0 Å². The highest BCUT2D eigenvalue weighted by molar-refractivity contribution is 7.67. The van der Waals surface area contributed by atoms with Crippen LogP contribution >= 0.6 is 0 Å². The van der Waals surface area contributed by atoms with Gasteiger partial charge in [-0.1, -0.05) is 0 Å². The molecule has 0 saturated heterocycles. The fraction of sp³-hybridized carbons (Fsp3) is 0.600. The highest BCUT2D eigenvalue weighted by Gasteiger charge is 2.17. The number of carbonyl (C=O) groups excluding carboxylic acids is 2. The maximum Gasteiger partial charge on any atom is 0.342 e. The average molecular weight is 211 g/mol. The van der Waals surface area contributed by atoms with Crippen LogP contribution in [0.25, 0.3) is 0 Å². The Morgan fingerprint density at radius 2 is 2.00 bits per heavy atom. The molecule has 0 heterocycles. The van der Waals surface area contributed by atoms with Crippen LogP contribution in [0.5, 0.6) is 0 Å². The van der Waals surface area contributed by atoms with E-state index in [2.05, 4.69) is 8.92 Å². The van der Waals surface area contributed by atoms with Crippen molar-refractivity contribution in [3.8, 4) is 0 Å². The molecule has 0 aliphatic carbocycles. The topological polar surface area (TPSA) is 113 Å². The van der Waals surface area contributed by atoms with Crippen molar-refractivity contribution in [2.24, 2.45) is 5.73 Å². The maximum atomic E-state index is 10.6. The second-order valence-corrected chi connectivity index (χ2v) is 2.67. The Bertz CT molecular complexity index is 264. The summed E-state index contributed by atoms with van der Waals surface area (Å²) in [6.07, 6.45) is 0. The highest BCUT2D eigenvalue weighted by atomic mass is 32.2. The predicted molar refractivity (Wildman–Crippen MR) is 41.0 cm³/mol. The summed E-state index contributed by atoms with van der Waals surface area (Å²) >= 11 is 0. The Hall–Kier alpha value is -1.15. The molecule has 0 rings (SSSR count). The van der Waals surface area contributed by atoms with E-state index in [1.807, 2.05) is 0 Å². The number of rotatable bonds is 4. The zero-order chi connectivity index (χ0) is 10.4. The number of carbonyl (C=O) groups is 2.